The van der Waals surface area contributed by atoms with Crippen LogP contribution >= 0.6 is 15.9 Å². The minimum absolute atomic E-state index is 0.0403. The fraction of sp³-hybridized carbons (Fsp3) is 0.571. The Bertz CT molecular complexity index is 417. The van der Waals surface area contributed by atoms with E-state index in [2.05, 4.69) is 37.9 Å². The summed E-state index contributed by atoms with van der Waals surface area (Å²) in [6, 6.07) is 6.34. The zero-order chi connectivity index (χ0) is 13.8. The molecule has 0 bridgehead atoms. The third-order valence-corrected chi connectivity index (χ3v) is 4.11. The molecule has 0 spiro atoms. The molecule has 0 radical (unpaired) electrons. The molecule has 1 fully saturated rings. The van der Waals surface area contributed by atoms with Gasteiger partial charge in [0.05, 0.1) is 6.61 Å². The molecule has 4 nitrogen and oxygen atoms in total. The van der Waals surface area contributed by atoms with Gasteiger partial charge in [-0.25, -0.2) is 0 Å². The quantitative estimate of drug-likeness (QED) is 0.881. The van der Waals surface area contributed by atoms with E-state index in [1.807, 2.05) is 13.0 Å². The van der Waals surface area contributed by atoms with E-state index in [1.165, 1.54) is 11.3 Å². The van der Waals surface area contributed by atoms with Gasteiger partial charge in [-0.15, -0.1) is 0 Å². The highest BCUT2D eigenvalue weighted by atomic mass is 79.9. The molecule has 1 unspecified atom stereocenters. The van der Waals surface area contributed by atoms with Gasteiger partial charge in [-0.05, 0) is 24.6 Å². The van der Waals surface area contributed by atoms with E-state index in [0.717, 1.165) is 37.2 Å². The second-order valence-electron chi connectivity index (χ2n) is 5.04. The van der Waals surface area contributed by atoms with Crippen LogP contribution in [-0.4, -0.2) is 49.3 Å². The highest BCUT2D eigenvalue weighted by molar-refractivity contribution is 9.10. The van der Waals surface area contributed by atoms with Crippen LogP contribution in [0.4, 0.5) is 5.69 Å². The molecule has 1 aliphatic rings. The van der Waals surface area contributed by atoms with Gasteiger partial charge in [0.1, 0.15) is 0 Å². The number of aliphatic hydroxyl groups is 1. The first-order valence-electron chi connectivity index (χ1n) is 6.75. The molecule has 0 aliphatic carbocycles. The van der Waals surface area contributed by atoms with Crippen LogP contribution in [0, 0.1) is 0 Å². The lowest BCUT2D eigenvalue weighted by molar-refractivity contribution is 0.188. The van der Waals surface area contributed by atoms with Gasteiger partial charge in [-0.3, -0.25) is 4.90 Å². The van der Waals surface area contributed by atoms with Crippen molar-refractivity contribution in [3.8, 4) is 0 Å². The van der Waals surface area contributed by atoms with Crippen LogP contribution < -0.4 is 10.6 Å². The number of aliphatic hydroxyl groups excluding tert-OH is 1. The van der Waals surface area contributed by atoms with E-state index in [4.69, 9.17) is 10.8 Å². The monoisotopic (exact) mass is 327 g/mol. The fourth-order valence-electron chi connectivity index (χ4n) is 2.53. The SMILES string of the molecule is CC(N)c1ccc(Br)cc1N1CCN(CCO)CC1. The summed E-state index contributed by atoms with van der Waals surface area (Å²) in [6.45, 7) is 6.98. The molecule has 0 aromatic heterocycles. The van der Waals surface area contributed by atoms with Crippen LogP contribution in [0.1, 0.15) is 18.5 Å². The molecular weight excluding hydrogens is 306 g/mol. The Morgan fingerprint density at radius 1 is 1.32 bits per heavy atom. The minimum Gasteiger partial charge on any atom is -0.395 e. The number of hydrogen-bond donors (Lipinski definition) is 2. The average molecular weight is 328 g/mol. The average Bonchev–Trinajstić information content (AvgIpc) is 2.39. The lowest BCUT2D eigenvalue weighted by atomic mass is 10.1. The van der Waals surface area contributed by atoms with Gasteiger partial charge in [0.25, 0.3) is 0 Å². The third kappa shape index (κ3) is 3.69. The van der Waals surface area contributed by atoms with Gasteiger partial charge in [0.2, 0.25) is 0 Å². The van der Waals surface area contributed by atoms with Gasteiger partial charge in [0, 0.05) is 48.9 Å². The van der Waals surface area contributed by atoms with Crippen molar-refractivity contribution in [2.75, 3.05) is 44.2 Å². The van der Waals surface area contributed by atoms with Crippen molar-refractivity contribution in [3.63, 3.8) is 0 Å². The molecule has 1 heterocycles. The lowest BCUT2D eigenvalue weighted by Crippen LogP contribution is -2.47. The maximum absolute atomic E-state index is 8.98. The van der Waals surface area contributed by atoms with Crippen molar-refractivity contribution >= 4 is 21.6 Å². The first-order valence-corrected chi connectivity index (χ1v) is 7.54. The Balaban J connectivity index is 2.12. The van der Waals surface area contributed by atoms with Gasteiger partial charge < -0.3 is 15.7 Å². The van der Waals surface area contributed by atoms with Crippen molar-refractivity contribution in [2.45, 2.75) is 13.0 Å². The van der Waals surface area contributed by atoms with E-state index in [-0.39, 0.29) is 12.6 Å². The number of nitrogens with zero attached hydrogens (tertiary/aromatic N) is 2. The molecular formula is C14H22BrN3O. The molecule has 106 valence electrons. The van der Waals surface area contributed by atoms with Crippen molar-refractivity contribution in [1.29, 1.82) is 0 Å². The topological polar surface area (TPSA) is 52.7 Å². The number of nitrogens with two attached hydrogens (primary N) is 1. The molecule has 3 N–H and O–H groups in total. The summed E-state index contributed by atoms with van der Waals surface area (Å²) >= 11 is 3.54. The summed E-state index contributed by atoms with van der Waals surface area (Å²) in [5, 5.41) is 8.98. The van der Waals surface area contributed by atoms with Crippen molar-refractivity contribution in [1.82, 2.24) is 4.90 Å². The Hall–Kier alpha value is -0.620. The molecule has 5 heteroatoms. The molecule has 1 aromatic carbocycles. The van der Waals surface area contributed by atoms with Gasteiger partial charge in [-0.1, -0.05) is 22.0 Å². The number of piperazine rings is 1. The number of anilines is 1. The Morgan fingerprint density at radius 3 is 2.58 bits per heavy atom. The third-order valence-electron chi connectivity index (χ3n) is 3.61. The van der Waals surface area contributed by atoms with Gasteiger partial charge in [0.15, 0.2) is 0 Å². The summed E-state index contributed by atoms with van der Waals surface area (Å²) in [6.07, 6.45) is 0. The fourth-order valence-corrected chi connectivity index (χ4v) is 2.88. The molecule has 19 heavy (non-hydrogen) atoms. The van der Waals surface area contributed by atoms with E-state index in [0.29, 0.717) is 0 Å². The van der Waals surface area contributed by atoms with Crippen LogP contribution in [-0.2, 0) is 0 Å². The second kappa shape index (κ2) is 6.70. The Morgan fingerprint density at radius 2 is 2.00 bits per heavy atom. The van der Waals surface area contributed by atoms with E-state index in [1.54, 1.807) is 0 Å². The van der Waals surface area contributed by atoms with E-state index < -0.39 is 0 Å². The highest BCUT2D eigenvalue weighted by Gasteiger charge is 2.20. The van der Waals surface area contributed by atoms with Crippen LogP contribution in [0.2, 0.25) is 0 Å². The van der Waals surface area contributed by atoms with Crippen molar-refractivity contribution < 1.29 is 5.11 Å². The summed E-state index contributed by atoms with van der Waals surface area (Å²) in [4.78, 5) is 4.68. The summed E-state index contributed by atoms with van der Waals surface area (Å²) < 4.78 is 1.09. The lowest BCUT2D eigenvalue weighted by Gasteiger charge is -2.37. The number of hydrogen-bond acceptors (Lipinski definition) is 4. The minimum atomic E-state index is 0.0403. The highest BCUT2D eigenvalue weighted by Crippen LogP contribution is 2.29. The zero-order valence-corrected chi connectivity index (χ0v) is 12.9. The zero-order valence-electron chi connectivity index (χ0n) is 11.3. The number of β-amino-alcohol motifs (C(OH)–C–C–N with tert-alkyl or cyclic N) is 1. The molecule has 1 saturated heterocycles. The number of halogens is 1. The van der Waals surface area contributed by atoms with E-state index in [9.17, 15) is 0 Å². The molecule has 1 atom stereocenters. The largest absolute Gasteiger partial charge is 0.395 e. The molecule has 1 aliphatic heterocycles. The summed E-state index contributed by atoms with van der Waals surface area (Å²) in [7, 11) is 0. The molecule has 0 saturated carbocycles. The smallest absolute Gasteiger partial charge is 0.0558 e. The number of rotatable bonds is 4. The first-order chi connectivity index (χ1) is 9.11. The maximum Gasteiger partial charge on any atom is 0.0558 e. The van der Waals surface area contributed by atoms with Crippen LogP contribution in [0.3, 0.4) is 0 Å². The maximum atomic E-state index is 8.98. The summed E-state index contributed by atoms with van der Waals surface area (Å²) in [5.41, 5.74) is 8.48. The van der Waals surface area contributed by atoms with Crippen LogP contribution in [0.25, 0.3) is 0 Å². The first kappa shape index (κ1) is 14.8. The predicted octanol–water partition coefficient (Wildman–Crippen LogP) is 1.58. The normalized spacial score (nSPS) is 18.6. The second-order valence-corrected chi connectivity index (χ2v) is 5.96. The van der Waals surface area contributed by atoms with Gasteiger partial charge >= 0.3 is 0 Å². The molecule has 2 rings (SSSR count). The molecule has 1 aromatic rings. The Kier molecular flexibility index (Phi) is 5.21. The van der Waals surface area contributed by atoms with Crippen molar-refractivity contribution in [2.24, 2.45) is 5.73 Å². The molecule has 0 amide bonds. The number of benzene rings is 1. The van der Waals surface area contributed by atoms with Crippen LogP contribution in [0.15, 0.2) is 22.7 Å². The van der Waals surface area contributed by atoms with Gasteiger partial charge in [-0.2, -0.15) is 0 Å². The summed E-state index contributed by atoms with van der Waals surface area (Å²) in [5.74, 6) is 0. The van der Waals surface area contributed by atoms with E-state index >= 15 is 0 Å². The Labute approximate surface area is 123 Å². The standard InChI is InChI=1S/C14H22BrN3O/c1-11(16)13-3-2-12(15)10-14(13)18-6-4-17(5-7-18)8-9-19/h2-3,10-11,19H,4-9,16H2,1H3. The van der Waals surface area contributed by atoms with Crippen LogP contribution in [0.5, 0.6) is 0 Å². The van der Waals surface area contributed by atoms with Crippen molar-refractivity contribution in [3.05, 3.63) is 28.2 Å². The predicted molar refractivity (Wildman–Crippen MR) is 82.5 cm³/mol.